The molecule has 0 aromatic heterocycles. The van der Waals surface area contributed by atoms with Gasteiger partial charge in [-0.05, 0) is 37.5 Å². The van der Waals surface area contributed by atoms with E-state index >= 15 is 0 Å². The van der Waals surface area contributed by atoms with E-state index in [9.17, 15) is 0 Å². The molecule has 110 valence electrons. The Morgan fingerprint density at radius 3 is 2.26 bits per heavy atom. The number of hydrogen-bond donors (Lipinski definition) is 1. The molecule has 0 bridgehead atoms. The van der Waals surface area contributed by atoms with Gasteiger partial charge in [-0.25, -0.2) is 0 Å². The van der Waals surface area contributed by atoms with Crippen molar-refractivity contribution in [3.63, 3.8) is 0 Å². The Morgan fingerprint density at radius 2 is 1.68 bits per heavy atom. The monoisotopic (exact) mass is 264 g/mol. The molecule has 1 heterocycles. The van der Waals surface area contributed by atoms with Crippen LogP contribution in [0.2, 0.25) is 0 Å². The Labute approximate surface area is 119 Å². The average Bonchev–Trinajstić information content (AvgIpc) is 2.37. The van der Waals surface area contributed by atoms with Crippen LogP contribution in [-0.4, -0.2) is 36.1 Å². The molecule has 3 rings (SSSR count). The third kappa shape index (κ3) is 3.00. The maximum absolute atomic E-state index is 3.91. The van der Waals surface area contributed by atoms with Crippen LogP contribution in [0.4, 0.5) is 0 Å². The van der Waals surface area contributed by atoms with Crippen LogP contribution in [0.15, 0.2) is 0 Å². The van der Waals surface area contributed by atoms with Gasteiger partial charge in [-0.1, -0.05) is 39.5 Å². The van der Waals surface area contributed by atoms with Crippen molar-refractivity contribution in [1.82, 2.24) is 10.2 Å². The average molecular weight is 264 g/mol. The summed E-state index contributed by atoms with van der Waals surface area (Å²) in [4.78, 5) is 2.89. The van der Waals surface area contributed by atoms with Crippen molar-refractivity contribution in [3.8, 4) is 0 Å². The highest BCUT2D eigenvalue weighted by Crippen LogP contribution is 2.33. The lowest BCUT2D eigenvalue weighted by Gasteiger charge is -2.51. The molecule has 0 radical (unpaired) electrons. The summed E-state index contributed by atoms with van der Waals surface area (Å²) in [6.45, 7) is 7.37. The summed E-state index contributed by atoms with van der Waals surface area (Å²) < 4.78 is 0. The van der Waals surface area contributed by atoms with E-state index in [2.05, 4.69) is 24.1 Å². The fourth-order valence-electron chi connectivity index (χ4n) is 4.43. The van der Waals surface area contributed by atoms with Gasteiger partial charge in [0, 0.05) is 31.2 Å². The summed E-state index contributed by atoms with van der Waals surface area (Å²) in [7, 11) is 0. The SMILES string of the molecule is CC(C)C1CNC(C2CCCCC2)CN1C1CCC1. The molecule has 3 fully saturated rings. The predicted octanol–water partition coefficient (Wildman–Crippen LogP) is 3.42. The van der Waals surface area contributed by atoms with E-state index in [4.69, 9.17) is 0 Å². The van der Waals surface area contributed by atoms with Crippen LogP contribution in [0.1, 0.15) is 65.2 Å². The van der Waals surface area contributed by atoms with E-state index in [1.54, 1.807) is 0 Å². The molecular formula is C17H32N2. The lowest BCUT2D eigenvalue weighted by atomic mass is 9.80. The van der Waals surface area contributed by atoms with Crippen LogP contribution >= 0.6 is 0 Å². The van der Waals surface area contributed by atoms with E-state index in [-0.39, 0.29) is 0 Å². The highest BCUT2D eigenvalue weighted by molar-refractivity contribution is 4.96. The smallest absolute Gasteiger partial charge is 0.0247 e. The second-order valence-corrected chi connectivity index (χ2v) is 7.51. The molecule has 0 spiro atoms. The molecule has 1 aliphatic heterocycles. The predicted molar refractivity (Wildman–Crippen MR) is 81.3 cm³/mol. The zero-order valence-electron chi connectivity index (χ0n) is 12.9. The minimum atomic E-state index is 0.783. The van der Waals surface area contributed by atoms with Crippen LogP contribution in [0.3, 0.4) is 0 Å². The van der Waals surface area contributed by atoms with Gasteiger partial charge in [0.25, 0.3) is 0 Å². The first-order valence-corrected chi connectivity index (χ1v) is 8.75. The number of piperazine rings is 1. The molecule has 2 nitrogen and oxygen atoms in total. The van der Waals surface area contributed by atoms with Crippen molar-refractivity contribution >= 4 is 0 Å². The van der Waals surface area contributed by atoms with Crippen LogP contribution in [0.25, 0.3) is 0 Å². The molecule has 1 N–H and O–H groups in total. The van der Waals surface area contributed by atoms with Gasteiger partial charge in [0.05, 0.1) is 0 Å². The van der Waals surface area contributed by atoms with Gasteiger partial charge in [-0.2, -0.15) is 0 Å². The summed E-state index contributed by atoms with van der Waals surface area (Å²) in [5.41, 5.74) is 0. The molecule has 0 aromatic rings. The standard InChI is InChI=1S/C17H32N2/c1-13(2)17-11-18-16(14-7-4-3-5-8-14)12-19(17)15-9-6-10-15/h13-18H,3-12H2,1-2H3. The minimum Gasteiger partial charge on any atom is -0.311 e. The third-order valence-electron chi connectivity index (χ3n) is 5.95. The van der Waals surface area contributed by atoms with Crippen molar-refractivity contribution < 1.29 is 0 Å². The molecule has 2 aliphatic carbocycles. The summed E-state index contributed by atoms with van der Waals surface area (Å²) >= 11 is 0. The fraction of sp³-hybridized carbons (Fsp3) is 1.00. The molecule has 3 aliphatic rings. The zero-order chi connectivity index (χ0) is 13.2. The summed E-state index contributed by atoms with van der Waals surface area (Å²) in [6.07, 6.45) is 11.8. The molecule has 1 saturated heterocycles. The molecule has 2 atom stereocenters. The molecular weight excluding hydrogens is 232 g/mol. The van der Waals surface area contributed by atoms with E-state index in [0.717, 1.165) is 30.0 Å². The lowest BCUT2D eigenvalue weighted by molar-refractivity contribution is 0.00788. The molecule has 0 aromatic carbocycles. The number of hydrogen-bond acceptors (Lipinski definition) is 2. The van der Waals surface area contributed by atoms with Crippen LogP contribution in [0, 0.1) is 11.8 Å². The lowest BCUT2D eigenvalue weighted by Crippen LogP contribution is -2.63. The molecule has 2 unspecified atom stereocenters. The first kappa shape index (κ1) is 13.9. The first-order chi connectivity index (χ1) is 9.25. The number of nitrogens with zero attached hydrogens (tertiary/aromatic N) is 1. The maximum Gasteiger partial charge on any atom is 0.0247 e. The minimum absolute atomic E-state index is 0.783. The van der Waals surface area contributed by atoms with Crippen molar-refractivity contribution in [2.45, 2.75) is 83.3 Å². The van der Waals surface area contributed by atoms with Crippen LogP contribution in [-0.2, 0) is 0 Å². The highest BCUT2D eigenvalue weighted by Gasteiger charge is 2.38. The van der Waals surface area contributed by atoms with E-state index in [1.807, 2.05) is 0 Å². The summed E-state index contributed by atoms with van der Waals surface area (Å²) in [5.74, 6) is 1.75. The van der Waals surface area contributed by atoms with Gasteiger partial charge >= 0.3 is 0 Å². The van der Waals surface area contributed by atoms with E-state index < -0.39 is 0 Å². The van der Waals surface area contributed by atoms with Gasteiger partial charge in [0.1, 0.15) is 0 Å². The Hall–Kier alpha value is -0.0800. The highest BCUT2D eigenvalue weighted by atomic mass is 15.3. The second-order valence-electron chi connectivity index (χ2n) is 7.51. The topological polar surface area (TPSA) is 15.3 Å². The van der Waals surface area contributed by atoms with E-state index in [0.29, 0.717) is 0 Å². The number of rotatable bonds is 3. The third-order valence-corrected chi connectivity index (χ3v) is 5.95. The van der Waals surface area contributed by atoms with E-state index in [1.165, 1.54) is 64.5 Å². The Bertz CT molecular complexity index is 279. The largest absolute Gasteiger partial charge is 0.311 e. The maximum atomic E-state index is 3.91. The normalized spacial score (nSPS) is 35.5. The van der Waals surface area contributed by atoms with Gasteiger partial charge in [-0.3, -0.25) is 4.90 Å². The molecule has 2 saturated carbocycles. The molecule has 2 heteroatoms. The number of nitrogens with one attached hydrogen (secondary N) is 1. The summed E-state index contributed by atoms with van der Waals surface area (Å²) in [5, 5.41) is 3.91. The van der Waals surface area contributed by atoms with Crippen LogP contribution in [0.5, 0.6) is 0 Å². The Kier molecular flexibility index (Phi) is 4.48. The Balaban J connectivity index is 1.63. The molecule has 0 amide bonds. The van der Waals surface area contributed by atoms with Gasteiger partial charge in [0.15, 0.2) is 0 Å². The zero-order valence-corrected chi connectivity index (χ0v) is 12.9. The second kappa shape index (κ2) is 6.13. The fourth-order valence-corrected chi connectivity index (χ4v) is 4.43. The van der Waals surface area contributed by atoms with Crippen molar-refractivity contribution in [2.75, 3.05) is 13.1 Å². The molecule has 19 heavy (non-hydrogen) atoms. The summed E-state index contributed by atoms with van der Waals surface area (Å²) in [6, 6.07) is 2.49. The van der Waals surface area contributed by atoms with Crippen molar-refractivity contribution in [2.24, 2.45) is 11.8 Å². The van der Waals surface area contributed by atoms with Crippen LogP contribution < -0.4 is 5.32 Å². The van der Waals surface area contributed by atoms with Crippen molar-refractivity contribution in [1.29, 1.82) is 0 Å². The van der Waals surface area contributed by atoms with Crippen molar-refractivity contribution in [3.05, 3.63) is 0 Å². The quantitative estimate of drug-likeness (QED) is 0.840. The first-order valence-electron chi connectivity index (χ1n) is 8.75. The van der Waals surface area contributed by atoms with Gasteiger partial charge < -0.3 is 5.32 Å². The Morgan fingerprint density at radius 1 is 0.947 bits per heavy atom. The van der Waals surface area contributed by atoms with Gasteiger partial charge in [-0.15, -0.1) is 0 Å². The van der Waals surface area contributed by atoms with Gasteiger partial charge in [0.2, 0.25) is 0 Å².